The van der Waals surface area contributed by atoms with Gasteiger partial charge < -0.3 is 4.57 Å². The first-order valence-electron chi connectivity index (χ1n) is 6.36. The molecule has 0 fully saturated rings. The van der Waals surface area contributed by atoms with Gasteiger partial charge in [-0.25, -0.2) is 9.97 Å². The molecule has 0 saturated heterocycles. The molecule has 0 aliphatic carbocycles. The number of aryl methyl sites for hydroxylation is 1. The number of thiazole rings is 1. The van der Waals surface area contributed by atoms with Gasteiger partial charge in [-0.2, -0.15) is 0 Å². The summed E-state index contributed by atoms with van der Waals surface area (Å²) in [5.74, 6) is 0.790. The van der Waals surface area contributed by atoms with Gasteiger partial charge in [-0.15, -0.1) is 22.9 Å². The quantitative estimate of drug-likeness (QED) is 0.581. The van der Waals surface area contributed by atoms with Gasteiger partial charge >= 0.3 is 0 Å². The average molecular weight is 361 g/mol. The summed E-state index contributed by atoms with van der Waals surface area (Å²) in [6, 6.07) is 3.60. The summed E-state index contributed by atoms with van der Waals surface area (Å²) in [5, 5.41) is 3.83. The second kappa shape index (κ2) is 5.76. The average Bonchev–Trinajstić information content (AvgIpc) is 2.96. The van der Waals surface area contributed by atoms with Gasteiger partial charge in [-0.05, 0) is 26.0 Å². The van der Waals surface area contributed by atoms with Crippen molar-refractivity contribution >= 4 is 57.2 Å². The Morgan fingerprint density at radius 1 is 1.24 bits per heavy atom. The van der Waals surface area contributed by atoms with Crippen LogP contribution < -0.4 is 0 Å². The van der Waals surface area contributed by atoms with E-state index in [9.17, 15) is 0 Å². The second-order valence-corrected chi connectivity index (χ2v) is 7.22. The van der Waals surface area contributed by atoms with E-state index in [2.05, 4.69) is 9.97 Å². The van der Waals surface area contributed by atoms with Crippen LogP contribution in [0.25, 0.3) is 11.0 Å². The summed E-state index contributed by atoms with van der Waals surface area (Å²) in [6.07, 6.45) is 0. The van der Waals surface area contributed by atoms with Gasteiger partial charge in [0.15, 0.2) is 0 Å². The van der Waals surface area contributed by atoms with Gasteiger partial charge in [0.05, 0.1) is 33.0 Å². The Labute approximate surface area is 141 Å². The van der Waals surface area contributed by atoms with Crippen LogP contribution in [0.15, 0.2) is 17.5 Å². The zero-order chi connectivity index (χ0) is 15.1. The first kappa shape index (κ1) is 15.1. The Bertz CT molecular complexity index is 807. The van der Waals surface area contributed by atoms with E-state index in [4.69, 9.17) is 34.8 Å². The molecule has 0 spiro atoms. The molecule has 7 heteroatoms. The second-order valence-electron chi connectivity index (χ2n) is 4.81. The summed E-state index contributed by atoms with van der Waals surface area (Å²) in [4.78, 5) is 9.08. The largest absolute Gasteiger partial charge is 0.320 e. The Hall–Kier alpha value is -0.810. The molecule has 0 amide bonds. The lowest BCUT2D eigenvalue weighted by molar-refractivity contribution is 0.737. The van der Waals surface area contributed by atoms with Gasteiger partial charge in [0.2, 0.25) is 0 Å². The minimum absolute atomic E-state index is 0.212. The highest BCUT2D eigenvalue weighted by Gasteiger charge is 2.17. The van der Waals surface area contributed by atoms with Crippen molar-refractivity contribution in [3.8, 4) is 0 Å². The van der Waals surface area contributed by atoms with Crippen LogP contribution in [0.5, 0.6) is 0 Å². The van der Waals surface area contributed by atoms with Gasteiger partial charge in [0.25, 0.3) is 0 Å². The van der Waals surface area contributed by atoms with Gasteiger partial charge in [-0.1, -0.05) is 23.2 Å². The number of hydrogen-bond donors (Lipinski definition) is 0. The smallest absolute Gasteiger partial charge is 0.128 e. The molecular weight excluding hydrogens is 349 g/mol. The van der Waals surface area contributed by atoms with Crippen molar-refractivity contribution in [1.82, 2.24) is 14.5 Å². The summed E-state index contributed by atoms with van der Waals surface area (Å²) >= 11 is 20.1. The molecule has 1 aromatic carbocycles. The van der Waals surface area contributed by atoms with Gasteiger partial charge in [0.1, 0.15) is 10.8 Å². The zero-order valence-electron chi connectivity index (χ0n) is 11.4. The number of rotatable bonds is 3. The third-order valence-corrected chi connectivity index (χ3v) is 5.00. The van der Waals surface area contributed by atoms with Crippen LogP contribution in [0.2, 0.25) is 10.0 Å². The van der Waals surface area contributed by atoms with Crippen molar-refractivity contribution in [2.75, 3.05) is 0 Å². The highest BCUT2D eigenvalue weighted by atomic mass is 35.5. The number of imidazole rings is 1. The maximum atomic E-state index is 6.26. The maximum absolute atomic E-state index is 6.26. The minimum atomic E-state index is -0.212. The van der Waals surface area contributed by atoms with E-state index in [0.29, 0.717) is 16.6 Å². The van der Waals surface area contributed by atoms with Gasteiger partial charge in [-0.3, -0.25) is 0 Å². The van der Waals surface area contributed by atoms with E-state index >= 15 is 0 Å². The van der Waals surface area contributed by atoms with Crippen molar-refractivity contribution in [3.63, 3.8) is 0 Å². The number of halogens is 3. The van der Waals surface area contributed by atoms with Crippen molar-refractivity contribution in [1.29, 1.82) is 0 Å². The van der Waals surface area contributed by atoms with Crippen LogP contribution in [0.3, 0.4) is 0 Å². The first-order chi connectivity index (χ1) is 9.95. The van der Waals surface area contributed by atoms with Crippen molar-refractivity contribution in [3.05, 3.63) is 44.1 Å². The van der Waals surface area contributed by atoms with E-state index in [1.54, 1.807) is 17.4 Å². The molecule has 0 aliphatic rings. The number of fused-ring (bicyclic) bond motifs is 1. The van der Waals surface area contributed by atoms with Crippen LogP contribution in [-0.2, 0) is 6.54 Å². The van der Waals surface area contributed by atoms with Crippen LogP contribution in [-0.4, -0.2) is 14.5 Å². The van der Waals surface area contributed by atoms with Crippen LogP contribution in [0.4, 0.5) is 0 Å². The maximum Gasteiger partial charge on any atom is 0.128 e. The Morgan fingerprint density at radius 3 is 2.57 bits per heavy atom. The lowest BCUT2D eigenvalue weighted by Gasteiger charge is -2.09. The Kier molecular flexibility index (Phi) is 4.14. The summed E-state index contributed by atoms with van der Waals surface area (Å²) < 4.78 is 2.05. The predicted octanol–water partition coefficient (Wildman–Crippen LogP) is 5.46. The van der Waals surface area contributed by atoms with E-state index in [1.807, 2.05) is 29.9 Å². The fourth-order valence-electron chi connectivity index (χ4n) is 2.22. The molecule has 2 aromatic heterocycles. The van der Waals surface area contributed by atoms with Crippen molar-refractivity contribution in [2.24, 2.45) is 0 Å². The lowest BCUT2D eigenvalue weighted by Crippen LogP contribution is -2.05. The third kappa shape index (κ3) is 2.90. The number of aromatic nitrogens is 3. The van der Waals surface area contributed by atoms with E-state index in [-0.39, 0.29) is 5.38 Å². The Morgan fingerprint density at radius 2 is 1.95 bits per heavy atom. The first-order valence-corrected chi connectivity index (χ1v) is 8.43. The fraction of sp³-hybridized carbons (Fsp3) is 0.286. The number of hydrogen-bond acceptors (Lipinski definition) is 3. The van der Waals surface area contributed by atoms with E-state index < -0.39 is 0 Å². The normalized spacial score (nSPS) is 13.0. The summed E-state index contributed by atoms with van der Waals surface area (Å²) in [6.45, 7) is 4.50. The SMILES string of the molecule is Cc1csc(Cn2c(C(C)Cl)nc3cc(Cl)c(Cl)cc32)n1. The monoisotopic (exact) mass is 359 g/mol. The number of nitrogens with zero attached hydrogens (tertiary/aromatic N) is 3. The highest BCUT2D eigenvalue weighted by molar-refractivity contribution is 7.09. The molecule has 0 N–H and O–H groups in total. The Balaban J connectivity index is 2.17. The molecule has 3 aromatic rings. The molecule has 0 saturated carbocycles. The summed E-state index contributed by atoms with van der Waals surface area (Å²) in [5.41, 5.74) is 2.72. The molecule has 3 rings (SSSR count). The molecule has 0 radical (unpaired) electrons. The van der Waals surface area contributed by atoms with Crippen LogP contribution in [0, 0.1) is 6.92 Å². The van der Waals surface area contributed by atoms with E-state index in [1.165, 1.54) is 0 Å². The molecule has 3 nitrogen and oxygen atoms in total. The zero-order valence-corrected chi connectivity index (χ0v) is 14.5. The van der Waals surface area contributed by atoms with Crippen molar-refractivity contribution < 1.29 is 0 Å². The number of alkyl halides is 1. The predicted molar refractivity (Wildman–Crippen MR) is 90.0 cm³/mol. The highest BCUT2D eigenvalue weighted by Crippen LogP contribution is 2.31. The molecule has 2 heterocycles. The lowest BCUT2D eigenvalue weighted by atomic mass is 10.3. The van der Waals surface area contributed by atoms with Crippen LogP contribution >= 0.6 is 46.1 Å². The van der Waals surface area contributed by atoms with Crippen molar-refractivity contribution in [2.45, 2.75) is 25.8 Å². The molecule has 0 bridgehead atoms. The summed E-state index contributed by atoms with van der Waals surface area (Å²) in [7, 11) is 0. The molecule has 1 atom stereocenters. The minimum Gasteiger partial charge on any atom is -0.320 e. The number of benzene rings is 1. The molecule has 1 unspecified atom stereocenters. The molecule has 110 valence electrons. The molecular formula is C14H12Cl3N3S. The fourth-order valence-corrected chi connectivity index (χ4v) is 3.46. The van der Waals surface area contributed by atoms with E-state index in [0.717, 1.165) is 27.6 Å². The molecule has 0 aliphatic heterocycles. The standard InChI is InChI=1S/C14H12Cl3N3S/c1-7-6-21-13(18-7)5-20-12-4-10(17)9(16)3-11(12)19-14(20)8(2)15/h3-4,6,8H,5H2,1-2H3. The van der Waals surface area contributed by atoms with Crippen LogP contribution in [0.1, 0.15) is 28.8 Å². The molecule has 21 heavy (non-hydrogen) atoms. The topological polar surface area (TPSA) is 30.7 Å². The third-order valence-electron chi connectivity index (χ3n) is 3.14. The van der Waals surface area contributed by atoms with Gasteiger partial charge in [0, 0.05) is 11.1 Å².